The Kier molecular flexibility index (Phi) is 31.1. The minimum absolute atomic E-state index is 0.731. The third-order valence-corrected chi connectivity index (χ3v) is 9.99. The number of quaternary nitrogens is 1. The first kappa shape index (κ1) is 46.6. The van der Waals surface area contributed by atoms with Crippen molar-refractivity contribution in [2.45, 2.75) is 220 Å². The van der Waals surface area contributed by atoms with E-state index in [-0.39, 0.29) is 0 Å². The van der Waals surface area contributed by atoms with Crippen LogP contribution in [0.2, 0.25) is 0 Å². The van der Waals surface area contributed by atoms with Crippen molar-refractivity contribution < 1.29 is 18.7 Å². The van der Waals surface area contributed by atoms with Crippen LogP contribution in [-0.2, 0) is 6.54 Å². The molecule has 4 heteroatoms. The zero-order valence-electron chi connectivity index (χ0n) is 34.9. The zero-order valence-corrected chi connectivity index (χ0v) is 34.9. The van der Waals surface area contributed by atoms with E-state index in [9.17, 15) is 0 Å². The van der Waals surface area contributed by atoms with Gasteiger partial charge in [0.1, 0.15) is 6.54 Å². The van der Waals surface area contributed by atoms with Gasteiger partial charge in [-0.05, 0) is 31.4 Å². The van der Waals surface area contributed by atoms with Crippen LogP contribution in [0.4, 0.5) is 0 Å². The highest BCUT2D eigenvalue weighted by molar-refractivity contribution is 5.54. The molecule has 0 fully saturated rings. The van der Waals surface area contributed by atoms with Gasteiger partial charge in [0, 0.05) is 5.56 Å². The van der Waals surface area contributed by atoms with Gasteiger partial charge >= 0.3 is 0 Å². The fourth-order valence-corrected chi connectivity index (χ4v) is 6.93. The second-order valence-corrected chi connectivity index (χ2v) is 16.5. The molecule has 4 nitrogen and oxygen atoms in total. The normalized spacial score (nSPS) is 11.7. The molecule has 1 aromatic carbocycles. The van der Waals surface area contributed by atoms with E-state index in [1.54, 1.807) is 0 Å². The van der Waals surface area contributed by atoms with E-state index < -0.39 is 0 Å². The van der Waals surface area contributed by atoms with Crippen LogP contribution >= 0.6 is 0 Å². The lowest BCUT2D eigenvalue weighted by molar-refractivity contribution is -0.884. The van der Waals surface area contributed by atoms with Gasteiger partial charge in [-0.25, -0.2) is 0 Å². The summed E-state index contributed by atoms with van der Waals surface area (Å²) in [7, 11) is 6.76. The Morgan fingerprint density at radius 2 is 0.620 bits per heavy atom. The molecule has 0 bridgehead atoms. The number of hydrogen-bond donors (Lipinski definition) is 0. The van der Waals surface area contributed by atoms with Crippen molar-refractivity contribution in [2.75, 3.05) is 41.0 Å². The number of ether oxygens (including phenoxy) is 3. The van der Waals surface area contributed by atoms with Gasteiger partial charge in [-0.3, -0.25) is 0 Å². The Morgan fingerprint density at radius 1 is 0.360 bits per heavy atom. The highest BCUT2D eigenvalue weighted by Crippen LogP contribution is 2.40. The van der Waals surface area contributed by atoms with E-state index in [4.69, 9.17) is 14.2 Å². The standard InChI is InChI=1S/C46H88NO3/c1-7-10-13-16-19-22-25-28-31-34-37-48-44-40-43(42-47(4,5)6)41-45(49-38-35-32-29-26-23-20-17-14-11-8-2)46(44)50-39-36-33-30-27-24-21-18-15-12-9-3/h40-41H,7-39,42H2,1-6H3/q+1. The molecule has 0 heterocycles. The number of rotatable bonds is 38. The molecule has 0 spiro atoms. The number of unbranched alkanes of at least 4 members (excludes halogenated alkanes) is 27. The summed E-state index contributed by atoms with van der Waals surface area (Å²) in [5.74, 6) is 2.61. The summed E-state index contributed by atoms with van der Waals surface area (Å²) in [4.78, 5) is 0. The first-order valence-electron chi connectivity index (χ1n) is 22.3. The van der Waals surface area contributed by atoms with Gasteiger partial charge in [0.15, 0.2) is 11.5 Å². The molecule has 0 radical (unpaired) electrons. The van der Waals surface area contributed by atoms with Crippen LogP contribution in [0, 0.1) is 0 Å². The van der Waals surface area contributed by atoms with Crippen molar-refractivity contribution >= 4 is 0 Å². The predicted octanol–water partition coefficient (Wildman–Crippen LogP) is 14.8. The molecule has 1 aromatic rings. The van der Waals surface area contributed by atoms with E-state index in [0.717, 1.165) is 67.4 Å². The van der Waals surface area contributed by atoms with Crippen molar-refractivity contribution in [3.05, 3.63) is 17.7 Å². The van der Waals surface area contributed by atoms with Crippen LogP contribution in [0.5, 0.6) is 17.2 Å². The van der Waals surface area contributed by atoms with Crippen molar-refractivity contribution in [1.82, 2.24) is 0 Å². The highest BCUT2D eigenvalue weighted by Gasteiger charge is 2.19. The third kappa shape index (κ3) is 28.2. The summed E-state index contributed by atoms with van der Waals surface area (Å²) >= 11 is 0. The van der Waals surface area contributed by atoms with Crippen LogP contribution in [0.3, 0.4) is 0 Å². The average Bonchev–Trinajstić information content (AvgIpc) is 3.08. The first-order valence-corrected chi connectivity index (χ1v) is 22.3. The Labute approximate surface area is 313 Å². The summed E-state index contributed by atoms with van der Waals surface area (Å²) < 4.78 is 20.5. The number of hydrogen-bond acceptors (Lipinski definition) is 3. The minimum atomic E-state index is 0.731. The minimum Gasteiger partial charge on any atom is -0.490 e. The van der Waals surface area contributed by atoms with Gasteiger partial charge in [0.25, 0.3) is 0 Å². The molecule has 0 saturated heterocycles. The molecule has 50 heavy (non-hydrogen) atoms. The number of benzene rings is 1. The topological polar surface area (TPSA) is 27.7 Å². The molecular weight excluding hydrogens is 615 g/mol. The molecule has 0 unspecified atom stereocenters. The Balaban J connectivity index is 2.72. The summed E-state index contributed by atoms with van der Waals surface area (Å²) in [5.41, 5.74) is 1.26. The summed E-state index contributed by atoms with van der Waals surface area (Å²) in [6.45, 7) is 10.0. The van der Waals surface area contributed by atoms with Gasteiger partial charge in [0.05, 0.1) is 41.0 Å². The lowest BCUT2D eigenvalue weighted by Crippen LogP contribution is -2.33. The second kappa shape index (κ2) is 33.4. The molecule has 0 aromatic heterocycles. The maximum Gasteiger partial charge on any atom is 0.203 e. The highest BCUT2D eigenvalue weighted by atomic mass is 16.5. The van der Waals surface area contributed by atoms with E-state index in [1.165, 1.54) is 179 Å². The van der Waals surface area contributed by atoms with Crippen LogP contribution in [0.15, 0.2) is 12.1 Å². The van der Waals surface area contributed by atoms with Gasteiger partial charge in [-0.1, -0.05) is 194 Å². The maximum atomic E-state index is 6.57. The van der Waals surface area contributed by atoms with Gasteiger partial charge < -0.3 is 18.7 Å². The van der Waals surface area contributed by atoms with Crippen molar-refractivity contribution in [3.8, 4) is 17.2 Å². The lowest BCUT2D eigenvalue weighted by Gasteiger charge is -2.25. The van der Waals surface area contributed by atoms with Gasteiger partial charge in [0.2, 0.25) is 5.75 Å². The molecule has 294 valence electrons. The van der Waals surface area contributed by atoms with Crippen LogP contribution in [0.25, 0.3) is 0 Å². The first-order chi connectivity index (χ1) is 24.4. The molecule has 0 aliphatic rings. The van der Waals surface area contributed by atoms with Crippen LogP contribution in [0.1, 0.15) is 219 Å². The predicted molar refractivity (Wildman–Crippen MR) is 220 cm³/mol. The molecular formula is C46H88NO3+. The van der Waals surface area contributed by atoms with E-state index >= 15 is 0 Å². The van der Waals surface area contributed by atoms with Crippen LogP contribution < -0.4 is 14.2 Å². The molecule has 0 saturated carbocycles. The third-order valence-electron chi connectivity index (χ3n) is 9.99. The van der Waals surface area contributed by atoms with Crippen molar-refractivity contribution in [3.63, 3.8) is 0 Å². The van der Waals surface area contributed by atoms with Crippen LogP contribution in [-0.4, -0.2) is 45.4 Å². The Morgan fingerprint density at radius 3 is 0.900 bits per heavy atom. The number of nitrogens with zero attached hydrogens (tertiary/aromatic N) is 1. The molecule has 0 atom stereocenters. The fraction of sp³-hybridized carbons (Fsp3) is 0.870. The fourth-order valence-electron chi connectivity index (χ4n) is 6.93. The molecule has 1 rings (SSSR count). The second-order valence-electron chi connectivity index (χ2n) is 16.5. The SMILES string of the molecule is CCCCCCCCCCCCOc1cc(C[N+](C)(C)C)cc(OCCCCCCCCCCCC)c1OCCCCCCCCCCCC. The summed E-state index contributed by atoms with van der Waals surface area (Å²) in [5, 5.41) is 0. The molecule has 0 N–H and O–H groups in total. The van der Waals surface area contributed by atoms with Gasteiger partial charge in [-0.15, -0.1) is 0 Å². The van der Waals surface area contributed by atoms with E-state index in [2.05, 4.69) is 54.0 Å². The summed E-state index contributed by atoms with van der Waals surface area (Å²) in [6, 6.07) is 4.47. The van der Waals surface area contributed by atoms with Crippen molar-refractivity contribution in [1.29, 1.82) is 0 Å². The molecule has 0 amide bonds. The largest absolute Gasteiger partial charge is 0.490 e. The zero-order chi connectivity index (χ0) is 36.4. The molecule has 0 aliphatic carbocycles. The van der Waals surface area contributed by atoms with E-state index in [1.807, 2.05) is 0 Å². The quantitative estimate of drug-likeness (QED) is 0.0507. The van der Waals surface area contributed by atoms with E-state index in [0.29, 0.717) is 0 Å². The Bertz CT molecular complexity index is 816. The lowest BCUT2D eigenvalue weighted by atomic mass is 10.1. The summed E-state index contributed by atoms with van der Waals surface area (Å²) in [6.07, 6.45) is 40.0. The maximum absolute atomic E-state index is 6.57. The monoisotopic (exact) mass is 703 g/mol. The van der Waals surface area contributed by atoms with Crippen molar-refractivity contribution in [2.24, 2.45) is 0 Å². The molecule has 0 aliphatic heterocycles. The Hall–Kier alpha value is -1.42. The smallest absolute Gasteiger partial charge is 0.203 e. The van der Waals surface area contributed by atoms with Gasteiger partial charge in [-0.2, -0.15) is 0 Å². The average molecular weight is 703 g/mol.